The molecule has 5 heteroatoms. The van der Waals surface area contributed by atoms with Crippen molar-refractivity contribution in [2.45, 2.75) is 38.1 Å². The van der Waals surface area contributed by atoms with Gasteiger partial charge >= 0.3 is 6.03 Å². The molecule has 0 radical (unpaired) electrons. The zero-order chi connectivity index (χ0) is 16.5. The lowest BCUT2D eigenvalue weighted by atomic mass is 9.79. The van der Waals surface area contributed by atoms with Crippen LogP contribution in [-0.4, -0.2) is 25.2 Å². The zero-order valence-corrected chi connectivity index (χ0v) is 13.8. The molecule has 0 spiro atoms. The van der Waals surface area contributed by atoms with E-state index in [0.717, 1.165) is 24.2 Å². The highest BCUT2D eigenvalue weighted by Crippen LogP contribution is 2.58. The number of para-hydroxylation sites is 1. The first-order valence-corrected chi connectivity index (χ1v) is 9.14. The molecule has 130 valence electrons. The van der Waals surface area contributed by atoms with E-state index >= 15 is 0 Å². The van der Waals surface area contributed by atoms with Crippen LogP contribution in [0.15, 0.2) is 24.3 Å². The van der Waals surface area contributed by atoms with Crippen molar-refractivity contribution in [1.29, 1.82) is 0 Å². The van der Waals surface area contributed by atoms with Crippen LogP contribution in [0.2, 0.25) is 0 Å². The Hall–Kier alpha value is -1.78. The summed E-state index contributed by atoms with van der Waals surface area (Å²) < 4.78 is 18.8. The molecule has 24 heavy (non-hydrogen) atoms. The van der Waals surface area contributed by atoms with Crippen LogP contribution in [0.4, 0.5) is 9.18 Å². The van der Waals surface area contributed by atoms with Gasteiger partial charge in [-0.15, -0.1) is 0 Å². The quantitative estimate of drug-likeness (QED) is 0.813. The molecule has 0 aromatic heterocycles. The zero-order valence-electron chi connectivity index (χ0n) is 13.8. The molecule has 2 N–H and O–H groups in total. The summed E-state index contributed by atoms with van der Waals surface area (Å²) in [5.74, 6) is 3.14. The van der Waals surface area contributed by atoms with Crippen molar-refractivity contribution in [3.05, 3.63) is 30.1 Å². The highest BCUT2D eigenvalue weighted by Gasteiger charge is 2.53. The third-order valence-corrected chi connectivity index (χ3v) is 6.23. The molecule has 4 rings (SSSR count). The minimum absolute atomic E-state index is 0.126. The van der Waals surface area contributed by atoms with Gasteiger partial charge in [0.15, 0.2) is 11.6 Å². The van der Waals surface area contributed by atoms with Crippen molar-refractivity contribution in [1.82, 2.24) is 10.6 Å². The summed E-state index contributed by atoms with van der Waals surface area (Å²) in [6.45, 7) is 0.628. The molecule has 4 nitrogen and oxygen atoms in total. The van der Waals surface area contributed by atoms with E-state index in [4.69, 9.17) is 4.74 Å². The van der Waals surface area contributed by atoms with Crippen molar-refractivity contribution < 1.29 is 13.9 Å². The molecule has 0 heterocycles. The molecule has 2 amide bonds. The first-order valence-electron chi connectivity index (χ1n) is 9.14. The maximum absolute atomic E-state index is 13.4. The molecule has 0 unspecified atom stereocenters. The normalized spacial score (nSPS) is 33.3. The van der Waals surface area contributed by atoms with Crippen molar-refractivity contribution in [3.8, 4) is 5.75 Å². The second kappa shape index (κ2) is 6.61. The monoisotopic (exact) mass is 332 g/mol. The molecule has 1 aromatic rings. The highest BCUT2D eigenvalue weighted by molar-refractivity contribution is 5.74. The largest absolute Gasteiger partial charge is 0.489 e. The van der Waals surface area contributed by atoms with Gasteiger partial charge in [0.05, 0.1) is 6.54 Å². The third kappa shape index (κ3) is 2.96. The fourth-order valence-corrected chi connectivity index (χ4v) is 5.34. The van der Waals surface area contributed by atoms with Gasteiger partial charge in [0, 0.05) is 6.04 Å². The van der Waals surface area contributed by atoms with Gasteiger partial charge < -0.3 is 15.4 Å². The number of urea groups is 1. The van der Waals surface area contributed by atoms with Crippen molar-refractivity contribution in [2.75, 3.05) is 13.2 Å². The topological polar surface area (TPSA) is 50.4 Å². The van der Waals surface area contributed by atoms with Gasteiger partial charge in [0.1, 0.15) is 6.61 Å². The average molecular weight is 332 g/mol. The number of carbonyl (C=O) groups is 1. The summed E-state index contributed by atoms with van der Waals surface area (Å²) in [5, 5.41) is 5.97. The molecular formula is C19H25FN2O2. The van der Waals surface area contributed by atoms with Gasteiger partial charge in [0.2, 0.25) is 0 Å². The summed E-state index contributed by atoms with van der Waals surface area (Å²) in [4.78, 5) is 12.1. The maximum Gasteiger partial charge on any atom is 0.315 e. The summed E-state index contributed by atoms with van der Waals surface area (Å²) in [7, 11) is 0. The predicted octanol–water partition coefficient (Wildman–Crippen LogP) is 3.33. The van der Waals surface area contributed by atoms with Crippen LogP contribution < -0.4 is 15.4 Å². The third-order valence-electron chi connectivity index (χ3n) is 6.23. The fourth-order valence-electron chi connectivity index (χ4n) is 5.34. The Morgan fingerprint density at radius 3 is 2.88 bits per heavy atom. The second-order valence-electron chi connectivity index (χ2n) is 7.44. The number of carbonyl (C=O) groups excluding carboxylic acids is 1. The Labute approximate surface area is 142 Å². The van der Waals surface area contributed by atoms with Crippen LogP contribution in [0.5, 0.6) is 5.75 Å². The summed E-state index contributed by atoms with van der Waals surface area (Å²) >= 11 is 0. The van der Waals surface area contributed by atoms with Crippen LogP contribution in [0.1, 0.15) is 32.1 Å². The number of amides is 2. The van der Waals surface area contributed by atoms with E-state index in [0.29, 0.717) is 18.5 Å². The molecule has 3 fully saturated rings. The molecular weight excluding hydrogens is 307 g/mol. The Bertz CT molecular complexity index is 609. The number of hydrogen-bond donors (Lipinski definition) is 2. The minimum atomic E-state index is -0.380. The molecule has 3 saturated carbocycles. The number of halogens is 1. The maximum atomic E-state index is 13.4. The van der Waals surface area contributed by atoms with Gasteiger partial charge in [-0.25, -0.2) is 9.18 Å². The number of ether oxygens (including phenoxy) is 1. The Morgan fingerprint density at radius 1 is 1.17 bits per heavy atom. The molecule has 5 atom stereocenters. The summed E-state index contributed by atoms with van der Waals surface area (Å²) in [5.41, 5.74) is 0. The lowest BCUT2D eigenvalue weighted by Gasteiger charge is -2.32. The van der Waals surface area contributed by atoms with Crippen LogP contribution >= 0.6 is 0 Å². The van der Waals surface area contributed by atoms with Crippen LogP contribution in [0, 0.1) is 29.5 Å². The van der Waals surface area contributed by atoms with E-state index in [1.165, 1.54) is 31.7 Å². The molecule has 1 aromatic carbocycles. The number of fused-ring (bicyclic) bond motifs is 5. The van der Waals surface area contributed by atoms with E-state index < -0.39 is 0 Å². The van der Waals surface area contributed by atoms with E-state index in [-0.39, 0.29) is 24.2 Å². The summed E-state index contributed by atoms with van der Waals surface area (Å²) in [6, 6.07) is 6.51. The van der Waals surface area contributed by atoms with Crippen molar-refractivity contribution in [2.24, 2.45) is 23.7 Å². The Morgan fingerprint density at radius 2 is 2.00 bits per heavy atom. The molecule has 3 aliphatic rings. The lowest BCUT2D eigenvalue weighted by molar-refractivity contribution is 0.196. The van der Waals surface area contributed by atoms with Crippen LogP contribution in [0.25, 0.3) is 0 Å². The second-order valence-corrected chi connectivity index (χ2v) is 7.44. The van der Waals surface area contributed by atoms with Gasteiger partial charge in [-0.2, -0.15) is 0 Å². The van der Waals surface area contributed by atoms with Crippen LogP contribution in [0.3, 0.4) is 0 Å². The first-order chi connectivity index (χ1) is 11.7. The summed E-state index contributed by atoms with van der Waals surface area (Å²) in [6.07, 6.45) is 6.57. The highest BCUT2D eigenvalue weighted by atomic mass is 19.1. The lowest BCUT2D eigenvalue weighted by Crippen LogP contribution is -2.47. The van der Waals surface area contributed by atoms with Gasteiger partial charge in [-0.3, -0.25) is 0 Å². The van der Waals surface area contributed by atoms with E-state index in [1.807, 2.05) is 0 Å². The minimum Gasteiger partial charge on any atom is -0.489 e. The standard InChI is InChI=1S/C19H25FN2O2/c20-16-6-1-2-7-18(16)24-9-8-21-19(23)22-17-11-12-10-15(17)14-5-3-4-13(12)14/h1-2,6-7,12-15,17H,3-5,8-11H2,(H2,21,22,23)/t12-,13+,14-,15+,17-/m1/s1. The Kier molecular flexibility index (Phi) is 4.33. The van der Waals surface area contributed by atoms with Gasteiger partial charge in [-0.1, -0.05) is 18.6 Å². The molecule has 0 aliphatic heterocycles. The van der Waals surface area contributed by atoms with Crippen molar-refractivity contribution >= 4 is 6.03 Å². The van der Waals surface area contributed by atoms with E-state index in [9.17, 15) is 9.18 Å². The van der Waals surface area contributed by atoms with E-state index in [1.54, 1.807) is 18.2 Å². The number of benzene rings is 1. The van der Waals surface area contributed by atoms with Gasteiger partial charge in [0.25, 0.3) is 0 Å². The molecule has 3 aliphatic carbocycles. The van der Waals surface area contributed by atoms with E-state index in [2.05, 4.69) is 10.6 Å². The molecule has 2 bridgehead atoms. The van der Waals surface area contributed by atoms with Crippen LogP contribution in [-0.2, 0) is 0 Å². The average Bonchev–Trinajstić information content (AvgIpc) is 3.25. The number of rotatable bonds is 5. The smallest absolute Gasteiger partial charge is 0.315 e. The fraction of sp³-hybridized carbons (Fsp3) is 0.632. The first kappa shape index (κ1) is 15.7. The number of nitrogens with one attached hydrogen (secondary N) is 2. The SMILES string of the molecule is O=C(NCCOc1ccccc1F)N[C@@H]1C[C@H]2C[C@H]1[C@@H]1CCC[C@@H]21. The van der Waals surface area contributed by atoms with Crippen molar-refractivity contribution in [3.63, 3.8) is 0 Å². The molecule has 0 saturated heterocycles. The predicted molar refractivity (Wildman–Crippen MR) is 89.3 cm³/mol. The van der Waals surface area contributed by atoms with Gasteiger partial charge in [-0.05, 0) is 61.5 Å². The number of hydrogen-bond acceptors (Lipinski definition) is 2. The Balaban J connectivity index is 1.19.